The van der Waals surface area contributed by atoms with Crippen LogP contribution < -0.4 is 5.32 Å². The monoisotopic (exact) mass is 362 g/mol. The molecule has 26 heavy (non-hydrogen) atoms. The number of aryl methyl sites for hydroxylation is 1. The van der Waals surface area contributed by atoms with E-state index in [-0.39, 0.29) is 6.04 Å². The molecular formula is C21H19ClN4. The topological polar surface area (TPSA) is 42.2 Å². The molecule has 0 radical (unpaired) electrons. The van der Waals surface area contributed by atoms with E-state index in [0.29, 0.717) is 5.02 Å². The average molecular weight is 363 g/mol. The van der Waals surface area contributed by atoms with Crippen LogP contribution in [0.15, 0.2) is 66.9 Å². The molecule has 130 valence electrons. The molecule has 0 aliphatic heterocycles. The minimum absolute atomic E-state index is 0.157. The van der Waals surface area contributed by atoms with Crippen molar-refractivity contribution < 1.29 is 0 Å². The Balaban J connectivity index is 1.75. The van der Waals surface area contributed by atoms with E-state index in [2.05, 4.69) is 29.5 Å². The van der Waals surface area contributed by atoms with Crippen LogP contribution in [-0.4, -0.2) is 14.6 Å². The molecule has 4 aromatic rings. The quantitative estimate of drug-likeness (QED) is 0.519. The van der Waals surface area contributed by atoms with Gasteiger partial charge in [-0.15, -0.1) is 0 Å². The summed E-state index contributed by atoms with van der Waals surface area (Å²) >= 11 is 6.01. The fourth-order valence-corrected chi connectivity index (χ4v) is 3.19. The van der Waals surface area contributed by atoms with Gasteiger partial charge in [0.05, 0.1) is 6.20 Å². The molecule has 1 unspecified atom stereocenters. The summed E-state index contributed by atoms with van der Waals surface area (Å²) in [5.74, 6) is 0.920. The number of aromatic nitrogens is 3. The lowest BCUT2D eigenvalue weighted by Gasteiger charge is -2.17. The number of halogens is 1. The third-order valence-corrected chi connectivity index (χ3v) is 4.67. The van der Waals surface area contributed by atoms with Gasteiger partial charge in [0.1, 0.15) is 5.82 Å². The summed E-state index contributed by atoms with van der Waals surface area (Å²) in [4.78, 5) is 4.70. The predicted octanol–water partition coefficient (Wildman–Crippen LogP) is 5.53. The molecule has 0 bridgehead atoms. The number of fused-ring (bicyclic) bond motifs is 1. The van der Waals surface area contributed by atoms with E-state index in [1.807, 2.05) is 66.2 Å². The van der Waals surface area contributed by atoms with Gasteiger partial charge in [-0.05, 0) is 37.1 Å². The zero-order valence-corrected chi connectivity index (χ0v) is 15.4. The van der Waals surface area contributed by atoms with E-state index in [4.69, 9.17) is 16.6 Å². The Hall–Kier alpha value is -2.85. The standard InChI is InChI=1S/C21H19ClN4/c1-14-12-20(25-15(2)16-6-4-3-5-7-16)26-21(24-14)19(13-23-26)17-8-10-18(22)11-9-17/h3-13,15,25H,1-2H3. The second-order valence-corrected chi connectivity index (χ2v) is 6.80. The fourth-order valence-electron chi connectivity index (χ4n) is 3.07. The third-order valence-electron chi connectivity index (χ3n) is 4.42. The lowest BCUT2D eigenvalue weighted by Crippen LogP contribution is -2.11. The summed E-state index contributed by atoms with van der Waals surface area (Å²) < 4.78 is 1.86. The minimum Gasteiger partial charge on any atom is -0.363 e. The lowest BCUT2D eigenvalue weighted by atomic mass is 10.1. The molecule has 0 aliphatic rings. The highest BCUT2D eigenvalue weighted by molar-refractivity contribution is 6.30. The van der Waals surface area contributed by atoms with Gasteiger partial charge in [0.25, 0.3) is 0 Å². The van der Waals surface area contributed by atoms with Gasteiger partial charge < -0.3 is 5.32 Å². The molecule has 0 saturated carbocycles. The normalized spacial score (nSPS) is 12.3. The van der Waals surface area contributed by atoms with Crippen molar-refractivity contribution in [2.45, 2.75) is 19.9 Å². The van der Waals surface area contributed by atoms with Gasteiger partial charge in [-0.2, -0.15) is 9.61 Å². The first-order valence-corrected chi connectivity index (χ1v) is 8.92. The average Bonchev–Trinajstić information content (AvgIpc) is 3.07. The molecule has 0 amide bonds. The molecule has 2 aromatic carbocycles. The van der Waals surface area contributed by atoms with Gasteiger partial charge in [0.2, 0.25) is 0 Å². The van der Waals surface area contributed by atoms with Gasteiger partial charge in [0.15, 0.2) is 5.65 Å². The van der Waals surface area contributed by atoms with Crippen LogP contribution in [0.5, 0.6) is 0 Å². The van der Waals surface area contributed by atoms with Crippen LogP contribution in [0.1, 0.15) is 24.2 Å². The first kappa shape index (κ1) is 16.6. The number of benzene rings is 2. The van der Waals surface area contributed by atoms with Crippen LogP contribution in [0.25, 0.3) is 16.8 Å². The van der Waals surface area contributed by atoms with E-state index in [1.165, 1.54) is 5.56 Å². The number of nitrogens with zero attached hydrogens (tertiary/aromatic N) is 3. The Morgan fingerprint density at radius 2 is 1.77 bits per heavy atom. The first-order chi connectivity index (χ1) is 12.6. The van der Waals surface area contributed by atoms with E-state index in [0.717, 1.165) is 28.3 Å². The van der Waals surface area contributed by atoms with Crippen molar-refractivity contribution >= 4 is 23.1 Å². The lowest BCUT2D eigenvalue weighted by molar-refractivity contribution is 0.838. The number of hydrogen-bond acceptors (Lipinski definition) is 3. The zero-order chi connectivity index (χ0) is 18.1. The first-order valence-electron chi connectivity index (χ1n) is 8.54. The van der Waals surface area contributed by atoms with Gasteiger partial charge in [-0.3, -0.25) is 0 Å². The number of anilines is 1. The molecule has 1 N–H and O–H groups in total. The molecule has 0 spiro atoms. The van der Waals surface area contributed by atoms with Crippen LogP contribution in [0.4, 0.5) is 5.82 Å². The molecule has 0 fully saturated rings. The van der Waals surface area contributed by atoms with Crippen LogP contribution in [-0.2, 0) is 0 Å². The number of nitrogens with one attached hydrogen (secondary N) is 1. The van der Waals surface area contributed by atoms with Crippen molar-refractivity contribution in [2.75, 3.05) is 5.32 Å². The molecule has 4 rings (SSSR count). The maximum absolute atomic E-state index is 6.01. The number of hydrogen-bond donors (Lipinski definition) is 1. The molecule has 2 heterocycles. The highest BCUT2D eigenvalue weighted by Gasteiger charge is 2.14. The zero-order valence-electron chi connectivity index (χ0n) is 14.6. The Labute approximate surface area is 157 Å². The van der Waals surface area contributed by atoms with Crippen LogP contribution in [0, 0.1) is 6.92 Å². The smallest absolute Gasteiger partial charge is 0.165 e. The summed E-state index contributed by atoms with van der Waals surface area (Å²) in [6, 6.07) is 20.3. The maximum atomic E-state index is 6.01. The predicted molar refractivity (Wildman–Crippen MR) is 107 cm³/mol. The molecule has 1 atom stereocenters. The molecule has 5 heteroatoms. The van der Waals surface area contributed by atoms with Crippen LogP contribution in [0.3, 0.4) is 0 Å². The minimum atomic E-state index is 0.157. The second kappa shape index (κ2) is 6.81. The van der Waals surface area contributed by atoms with Gasteiger partial charge >= 0.3 is 0 Å². The van der Waals surface area contributed by atoms with Crippen molar-refractivity contribution in [1.29, 1.82) is 0 Å². The van der Waals surface area contributed by atoms with E-state index >= 15 is 0 Å². The van der Waals surface area contributed by atoms with Crippen molar-refractivity contribution in [2.24, 2.45) is 0 Å². The van der Waals surface area contributed by atoms with Crippen molar-refractivity contribution in [1.82, 2.24) is 14.6 Å². The molecule has 4 nitrogen and oxygen atoms in total. The SMILES string of the molecule is Cc1cc(NC(C)c2ccccc2)n2ncc(-c3ccc(Cl)cc3)c2n1. The van der Waals surface area contributed by atoms with E-state index < -0.39 is 0 Å². The molecule has 2 aromatic heterocycles. The highest BCUT2D eigenvalue weighted by atomic mass is 35.5. The summed E-state index contributed by atoms with van der Waals surface area (Å²) in [7, 11) is 0. The van der Waals surface area contributed by atoms with E-state index in [9.17, 15) is 0 Å². The van der Waals surface area contributed by atoms with Gasteiger partial charge in [0, 0.05) is 28.4 Å². The Kier molecular flexibility index (Phi) is 4.35. The largest absolute Gasteiger partial charge is 0.363 e. The Bertz CT molecular complexity index is 1040. The number of rotatable bonds is 4. The fraction of sp³-hybridized carbons (Fsp3) is 0.143. The molecule has 0 saturated heterocycles. The molecular weight excluding hydrogens is 344 g/mol. The highest BCUT2D eigenvalue weighted by Crippen LogP contribution is 2.28. The van der Waals surface area contributed by atoms with Crippen LogP contribution in [0.2, 0.25) is 5.02 Å². The summed E-state index contributed by atoms with van der Waals surface area (Å²) in [5, 5.41) is 8.84. The Morgan fingerprint density at radius 3 is 2.50 bits per heavy atom. The summed E-state index contributed by atoms with van der Waals surface area (Å²) in [5.41, 5.74) is 5.02. The maximum Gasteiger partial charge on any atom is 0.165 e. The Morgan fingerprint density at radius 1 is 1.04 bits per heavy atom. The van der Waals surface area contributed by atoms with Crippen molar-refractivity contribution in [3.63, 3.8) is 0 Å². The van der Waals surface area contributed by atoms with Gasteiger partial charge in [-0.1, -0.05) is 54.1 Å². The van der Waals surface area contributed by atoms with Crippen LogP contribution >= 0.6 is 11.6 Å². The van der Waals surface area contributed by atoms with Crippen molar-refractivity contribution in [3.8, 4) is 11.1 Å². The van der Waals surface area contributed by atoms with E-state index in [1.54, 1.807) is 0 Å². The van der Waals surface area contributed by atoms with Gasteiger partial charge in [-0.25, -0.2) is 4.98 Å². The summed E-state index contributed by atoms with van der Waals surface area (Å²) in [6.45, 7) is 4.14. The second-order valence-electron chi connectivity index (χ2n) is 6.36. The van der Waals surface area contributed by atoms with Crippen molar-refractivity contribution in [3.05, 3.63) is 83.1 Å². The third kappa shape index (κ3) is 3.16. The molecule has 0 aliphatic carbocycles. The summed E-state index contributed by atoms with van der Waals surface area (Å²) in [6.07, 6.45) is 1.85.